The summed E-state index contributed by atoms with van der Waals surface area (Å²) in [5.41, 5.74) is 0.320. The Kier molecular flexibility index (Phi) is 3.29. The van der Waals surface area contributed by atoms with Gasteiger partial charge in [0, 0.05) is 31.5 Å². The van der Waals surface area contributed by atoms with Gasteiger partial charge in [0.25, 0.3) is 5.92 Å². The van der Waals surface area contributed by atoms with Gasteiger partial charge < -0.3 is 14.4 Å². The molecule has 0 aromatic heterocycles. The highest BCUT2D eigenvalue weighted by Crippen LogP contribution is 2.61. The molecule has 2 heterocycles. The SMILES string of the molecule is FC1(F)C[C@]1(COCc1ccccc1)CN1CC2(COC2)C1. The van der Waals surface area contributed by atoms with Crippen molar-refractivity contribution in [1.82, 2.24) is 4.90 Å². The molecule has 5 heteroatoms. The van der Waals surface area contributed by atoms with Crippen molar-refractivity contribution in [3.63, 3.8) is 0 Å². The average Bonchev–Trinajstić information content (AvgIpc) is 2.94. The molecular weight excluding hydrogens is 288 g/mol. The van der Waals surface area contributed by atoms with E-state index >= 15 is 0 Å². The van der Waals surface area contributed by atoms with Crippen molar-refractivity contribution in [3.05, 3.63) is 35.9 Å². The van der Waals surface area contributed by atoms with Gasteiger partial charge in [-0.1, -0.05) is 30.3 Å². The largest absolute Gasteiger partial charge is 0.380 e. The van der Waals surface area contributed by atoms with Crippen LogP contribution in [-0.2, 0) is 16.1 Å². The summed E-state index contributed by atoms with van der Waals surface area (Å²) < 4.78 is 38.6. The van der Waals surface area contributed by atoms with Gasteiger partial charge in [-0.3, -0.25) is 0 Å². The molecule has 3 nitrogen and oxygen atoms in total. The van der Waals surface area contributed by atoms with Crippen molar-refractivity contribution in [1.29, 1.82) is 0 Å². The van der Waals surface area contributed by atoms with Gasteiger partial charge in [-0.25, -0.2) is 8.78 Å². The summed E-state index contributed by atoms with van der Waals surface area (Å²) >= 11 is 0. The summed E-state index contributed by atoms with van der Waals surface area (Å²) in [5.74, 6) is -2.58. The van der Waals surface area contributed by atoms with E-state index in [-0.39, 0.29) is 18.4 Å². The molecule has 0 N–H and O–H groups in total. The number of hydrogen-bond donors (Lipinski definition) is 0. The summed E-state index contributed by atoms with van der Waals surface area (Å²) in [6.45, 7) is 4.34. The third-order valence-electron chi connectivity index (χ3n) is 5.16. The van der Waals surface area contributed by atoms with Gasteiger partial charge in [-0.15, -0.1) is 0 Å². The summed E-state index contributed by atoms with van der Waals surface area (Å²) in [6, 6.07) is 9.70. The molecule has 3 aliphatic rings. The van der Waals surface area contributed by atoms with Crippen LogP contribution in [0.1, 0.15) is 12.0 Å². The van der Waals surface area contributed by atoms with Crippen LogP contribution in [-0.4, -0.2) is 50.3 Å². The van der Waals surface area contributed by atoms with Crippen LogP contribution in [0.3, 0.4) is 0 Å². The highest BCUT2D eigenvalue weighted by molar-refractivity contribution is 5.15. The molecule has 3 fully saturated rings. The van der Waals surface area contributed by atoms with E-state index in [1.807, 2.05) is 30.3 Å². The van der Waals surface area contributed by atoms with E-state index in [2.05, 4.69) is 4.90 Å². The van der Waals surface area contributed by atoms with E-state index < -0.39 is 11.3 Å². The molecule has 1 saturated carbocycles. The van der Waals surface area contributed by atoms with Crippen molar-refractivity contribution < 1.29 is 18.3 Å². The Balaban J connectivity index is 1.29. The zero-order chi connectivity index (χ0) is 15.3. The predicted molar refractivity (Wildman–Crippen MR) is 77.8 cm³/mol. The lowest BCUT2D eigenvalue weighted by atomic mass is 9.77. The van der Waals surface area contributed by atoms with Crippen LogP contribution in [0, 0.1) is 10.8 Å². The van der Waals surface area contributed by atoms with Gasteiger partial charge in [0.2, 0.25) is 0 Å². The van der Waals surface area contributed by atoms with Crippen molar-refractivity contribution in [2.24, 2.45) is 10.8 Å². The molecule has 2 saturated heterocycles. The lowest BCUT2D eigenvalue weighted by Crippen LogP contribution is -2.66. The number of halogens is 2. The smallest absolute Gasteiger partial charge is 0.258 e. The predicted octanol–water partition coefficient (Wildman–Crippen LogP) is 2.56. The maximum absolute atomic E-state index is 13.9. The number of benzene rings is 1. The van der Waals surface area contributed by atoms with E-state index in [4.69, 9.17) is 9.47 Å². The van der Waals surface area contributed by atoms with Gasteiger partial charge >= 0.3 is 0 Å². The minimum Gasteiger partial charge on any atom is -0.380 e. The molecule has 1 aliphatic carbocycles. The molecule has 1 aromatic carbocycles. The van der Waals surface area contributed by atoms with Gasteiger partial charge in [0.15, 0.2) is 0 Å². The molecular formula is C17H21F2NO2. The topological polar surface area (TPSA) is 21.7 Å². The third-order valence-corrected chi connectivity index (χ3v) is 5.16. The molecule has 1 spiro atoms. The van der Waals surface area contributed by atoms with Gasteiger partial charge in [-0.2, -0.15) is 0 Å². The molecule has 0 radical (unpaired) electrons. The van der Waals surface area contributed by atoms with Crippen LogP contribution in [0.2, 0.25) is 0 Å². The minimum absolute atomic E-state index is 0.0468. The van der Waals surface area contributed by atoms with Gasteiger partial charge in [0.05, 0.1) is 31.8 Å². The average molecular weight is 309 g/mol. The Morgan fingerprint density at radius 2 is 1.82 bits per heavy atom. The Hall–Kier alpha value is -1.04. The highest BCUT2D eigenvalue weighted by atomic mass is 19.3. The molecule has 2 aliphatic heterocycles. The maximum Gasteiger partial charge on any atom is 0.258 e. The summed E-state index contributed by atoms with van der Waals surface area (Å²) in [4.78, 5) is 2.13. The fourth-order valence-electron chi connectivity index (χ4n) is 3.71. The van der Waals surface area contributed by atoms with Crippen molar-refractivity contribution in [2.45, 2.75) is 19.0 Å². The number of nitrogens with zero attached hydrogens (tertiary/aromatic N) is 1. The fourth-order valence-corrected chi connectivity index (χ4v) is 3.71. The second-order valence-electron chi connectivity index (χ2n) is 7.28. The summed E-state index contributed by atoms with van der Waals surface area (Å²) in [6.07, 6.45) is -0.0468. The van der Waals surface area contributed by atoms with E-state index in [0.29, 0.717) is 13.2 Å². The molecule has 120 valence electrons. The first-order valence-electron chi connectivity index (χ1n) is 7.82. The van der Waals surface area contributed by atoms with Crippen LogP contribution >= 0.6 is 0 Å². The molecule has 0 unspecified atom stereocenters. The molecule has 0 amide bonds. The lowest BCUT2D eigenvalue weighted by Gasteiger charge is -2.55. The minimum atomic E-state index is -2.58. The number of alkyl halides is 2. The summed E-state index contributed by atoms with van der Waals surface area (Å²) in [5, 5.41) is 0. The molecule has 4 rings (SSSR count). The number of hydrogen-bond acceptors (Lipinski definition) is 3. The fraction of sp³-hybridized carbons (Fsp3) is 0.647. The zero-order valence-electron chi connectivity index (χ0n) is 12.6. The Labute approximate surface area is 129 Å². The molecule has 1 atom stereocenters. The Morgan fingerprint density at radius 1 is 1.14 bits per heavy atom. The number of ether oxygens (including phenoxy) is 2. The number of rotatable bonds is 6. The summed E-state index contributed by atoms with van der Waals surface area (Å²) in [7, 11) is 0. The Morgan fingerprint density at radius 3 is 2.36 bits per heavy atom. The first kappa shape index (κ1) is 14.5. The molecule has 1 aromatic rings. The van der Waals surface area contributed by atoms with E-state index in [9.17, 15) is 8.78 Å². The highest BCUT2D eigenvalue weighted by Gasteiger charge is 2.72. The zero-order valence-corrected chi connectivity index (χ0v) is 12.6. The first-order valence-corrected chi connectivity index (χ1v) is 7.82. The van der Waals surface area contributed by atoms with Gasteiger partial charge in [-0.05, 0) is 5.56 Å². The van der Waals surface area contributed by atoms with Crippen LogP contribution in [0.25, 0.3) is 0 Å². The third kappa shape index (κ3) is 2.45. The number of likely N-dealkylation sites (tertiary alicyclic amines) is 1. The maximum atomic E-state index is 13.9. The standard InChI is InChI=1S/C17H21F2NO2/c18-17(19)7-16(17,10-20-8-15(9-20)11-22-12-15)13-21-6-14-4-2-1-3-5-14/h1-5H,6-13H2/t16-/m1/s1. The van der Waals surface area contributed by atoms with Crippen molar-refractivity contribution in [2.75, 3.05) is 39.5 Å². The van der Waals surface area contributed by atoms with Gasteiger partial charge in [0.1, 0.15) is 0 Å². The quantitative estimate of drug-likeness (QED) is 0.806. The van der Waals surface area contributed by atoms with Crippen LogP contribution < -0.4 is 0 Å². The van der Waals surface area contributed by atoms with Crippen LogP contribution in [0.4, 0.5) is 8.78 Å². The van der Waals surface area contributed by atoms with Crippen LogP contribution in [0.5, 0.6) is 0 Å². The van der Waals surface area contributed by atoms with E-state index in [1.165, 1.54) is 0 Å². The Bertz CT molecular complexity index is 539. The van der Waals surface area contributed by atoms with Crippen LogP contribution in [0.15, 0.2) is 30.3 Å². The normalized spacial score (nSPS) is 31.5. The lowest BCUT2D eigenvalue weighted by molar-refractivity contribution is -0.195. The van der Waals surface area contributed by atoms with E-state index in [1.54, 1.807) is 0 Å². The molecule has 22 heavy (non-hydrogen) atoms. The second-order valence-corrected chi connectivity index (χ2v) is 7.28. The second kappa shape index (κ2) is 4.98. The van der Waals surface area contributed by atoms with E-state index in [0.717, 1.165) is 31.9 Å². The van der Waals surface area contributed by atoms with Crippen molar-refractivity contribution in [3.8, 4) is 0 Å². The monoisotopic (exact) mass is 309 g/mol. The first-order chi connectivity index (χ1) is 10.5. The molecule has 0 bridgehead atoms. The van der Waals surface area contributed by atoms with Crippen molar-refractivity contribution >= 4 is 0 Å².